The molecule has 1 aliphatic rings. The molecular weight excluding hydrogens is 276 g/mol. The van der Waals surface area contributed by atoms with Crippen LogP contribution in [0.1, 0.15) is 24.0 Å². The van der Waals surface area contributed by atoms with Crippen LogP contribution in [0.4, 0.5) is 0 Å². The zero-order chi connectivity index (χ0) is 15.6. The van der Waals surface area contributed by atoms with E-state index in [-0.39, 0.29) is 17.8 Å². The average Bonchev–Trinajstić information content (AvgIpc) is 3.11. The van der Waals surface area contributed by atoms with E-state index in [1.165, 1.54) is 11.1 Å². The Balaban J connectivity index is 2.18. The van der Waals surface area contributed by atoms with Crippen LogP contribution in [0.2, 0.25) is 19.6 Å². The van der Waals surface area contributed by atoms with Crippen molar-refractivity contribution in [1.82, 2.24) is 0 Å². The lowest BCUT2D eigenvalue weighted by Crippen LogP contribution is -2.15. The van der Waals surface area contributed by atoms with Crippen molar-refractivity contribution in [1.29, 1.82) is 0 Å². The summed E-state index contributed by atoms with van der Waals surface area (Å²) in [4.78, 5) is 12.1. The predicted molar refractivity (Wildman–Crippen MR) is 90.0 cm³/mol. The Morgan fingerprint density at radius 2 is 1.86 bits per heavy atom. The molecule has 0 aromatic heterocycles. The molecule has 21 heavy (non-hydrogen) atoms. The second kappa shape index (κ2) is 6.18. The summed E-state index contributed by atoms with van der Waals surface area (Å²) in [5, 5.41) is 0. The van der Waals surface area contributed by atoms with Gasteiger partial charge in [0.05, 0.1) is 20.6 Å². The second-order valence-corrected chi connectivity index (χ2v) is 12.1. The van der Waals surface area contributed by atoms with E-state index in [4.69, 9.17) is 4.74 Å². The number of carbonyl (C=O) groups excluding carboxylic acids is 1. The van der Waals surface area contributed by atoms with Crippen molar-refractivity contribution in [2.75, 3.05) is 6.61 Å². The van der Waals surface area contributed by atoms with Crippen LogP contribution in [0.15, 0.2) is 36.0 Å². The summed E-state index contributed by atoms with van der Waals surface area (Å²) >= 11 is 0. The fourth-order valence-electron chi connectivity index (χ4n) is 2.73. The molecule has 3 atom stereocenters. The van der Waals surface area contributed by atoms with Crippen molar-refractivity contribution < 1.29 is 9.53 Å². The highest BCUT2D eigenvalue weighted by atomic mass is 28.3. The van der Waals surface area contributed by atoms with E-state index < -0.39 is 8.07 Å². The molecule has 1 aliphatic carbocycles. The number of rotatable bonds is 5. The van der Waals surface area contributed by atoms with Gasteiger partial charge in [0.1, 0.15) is 0 Å². The second-order valence-electron chi connectivity index (χ2n) is 7.02. The van der Waals surface area contributed by atoms with Crippen molar-refractivity contribution in [3.8, 4) is 0 Å². The van der Waals surface area contributed by atoms with E-state index >= 15 is 0 Å². The number of hydrogen-bond donors (Lipinski definition) is 0. The smallest absolute Gasteiger partial charge is 0.310 e. The van der Waals surface area contributed by atoms with Gasteiger partial charge in [0.2, 0.25) is 0 Å². The van der Waals surface area contributed by atoms with Gasteiger partial charge in [-0.1, -0.05) is 61.2 Å². The third-order valence-corrected chi connectivity index (χ3v) is 5.11. The molecule has 0 spiro atoms. The standard InChI is InChI=1S/C18H26O2Si/c1-6-20-18(19)17-15(11-12-21(3,4)5)16(17)14-9-7-13(2)8-10-14/h7-12,15-17H,6H2,1-5H3/b12-11+/t15-,16-,17-/m1/s1. The normalized spacial score (nSPS) is 25.1. The first-order valence-corrected chi connectivity index (χ1v) is 11.3. The first kappa shape index (κ1) is 16.0. The molecule has 2 nitrogen and oxygen atoms in total. The molecule has 0 amide bonds. The maximum atomic E-state index is 12.1. The lowest BCUT2D eigenvalue weighted by molar-refractivity contribution is -0.145. The van der Waals surface area contributed by atoms with Gasteiger partial charge in [0.15, 0.2) is 0 Å². The van der Waals surface area contributed by atoms with Gasteiger partial charge in [-0.3, -0.25) is 4.79 Å². The van der Waals surface area contributed by atoms with Crippen LogP contribution in [0.25, 0.3) is 0 Å². The Hall–Kier alpha value is -1.35. The van der Waals surface area contributed by atoms with Crippen LogP contribution < -0.4 is 0 Å². The van der Waals surface area contributed by atoms with Crippen LogP contribution in [-0.4, -0.2) is 20.7 Å². The molecular formula is C18H26O2Si. The Labute approximate surface area is 129 Å². The fourth-order valence-corrected chi connectivity index (χ4v) is 3.53. The van der Waals surface area contributed by atoms with Gasteiger partial charge >= 0.3 is 5.97 Å². The summed E-state index contributed by atoms with van der Waals surface area (Å²) in [6.07, 6.45) is 2.26. The van der Waals surface area contributed by atoms with Crippen molar-refractivity contribution >= 4 is 14.0 Å². The molecule has 1 aromatic rings. The van der Waals surface area contributed by atoms with Crippen LogP contribution in [0, 0.1) is 18.8 Å². The van der Waals surface area contributed by atoms with Gasteiger partial charge in [-0.05, 0) is 25.3 Å². The summed E-state index contributed by atoms with van der Waals surface area (Å²) < 4.78 is 5.24. The van der Waals surface area contributed by atoms with Crippen LogP contribution in [0.5, 0.6) is 0 Å². The molecule has 0 radical (unpaired) electrons. The predicted octanol–water partition coefficient (Wildman–Crippen LogP) is 4.32. The van der Waals surface area contributed by atoms with E-state index in [0.717, 1.165) is 0 Å². The number of carbonyl (C=O) groups is 1. The first-order chi connectivity index (χ1) is 9.83. The van der Waals surface area contributed by atoms with E-state index in [1.54, 1.807) is 0 Å². The summed E-state index contributed by atoms with van der Waals surface area (Å²) in [6, 6.07) is 8.54. The number of esters is 1. The number of aryl methyl sites for hydroxylation is 1. The molecule has 1 fully saturated rings. The largest absolute Gasteiger partial charge is 0.466 e. The summed E-state index contributed by atoms with van der Waals surface area (Å²) in [7, 11) is -1.24. The highest BCUT2D eigenvalue weighted by molar-refractivity contribution is 6.80. The van der Waals surface area contributed by atoms with Gasteiger partial charge in [0.25, 0.3) is 0 Å². The number of ether oxygens (including phenoxy) is 1. The van der Waals surface area contributed by atoms with E-state index in [0.29, 0.717) is 12.5 Å². The molecule has 0 bridgehead atoms. The van der Waals surface area contributed by atoms with Crippen molar-refractivity contribution in [2.24, 2.45) is 11.8 Å². The molecule has 3 heteroatoms. The van der Waals surface area contributed by atoms with Crippen molar-refractivity contribution in [3.63, 3.8) is 0 Å². The monoisotopic (exact) mass is 302 g/mol. The Bertz CT molecular complexity index is 525. The number of hydrogen-bond acceptors (Lipinski definition) is 2. The molecule has 2 rings (SSSR count). The molecule has 1 saturated carbocycles. The maximum absolute atomic E-state index is 12.1. The third-order valence-electron chi connectivity index (χ3n) is 3.91. The maximum Gasteiger partial charge on any atom is 0.310 e. The molecule has 0 N–H and O–H groups in total. The lowest BCUT2D eigenvalue weighted by atomic mass is 10.1. The van der Waals surface area contributed by atoms with E-state index in [2.05, 4.69) is 62.6 Å². The lowest BCUT2D eigenvalue weighted by Gasteiger charge is -2.07. The highest BCUT2D eigenvalue weighted by Gasteiger charge is 2.54. The van der Waals surface area contributed by atoms with Gasteiger partial charge in [-0.25, -0.2) is 0 Å². The summed E-state index contributed by atoms with van der Waals surface area (Å²) in [6.45, 7) is 11.3. The number of benzene rings is 1. The minimum atomic E-state index is -1.24. The molecule has 0 unspecified atom stereocenters. The van der Waals surface area contributed by atoms with Crippen molar-refractivity contribution in [2.45, 2.75) is 39.4 Å². The average molecular weight is 302 g/mol. The minimum absolute atomic E-state index is 0.000237. The van der Waals surface area contributed by atoms with Crippen LogP contribution in [-0.2, 0) is 9.53 Å². The molecule has 0 aliphatic heterocycles. The minimum Gasteiger partial charge on any atom is -0.466 e. The first-order valence-electron chi connectivity index (χ1n) is 7.76. The quantitative estimate of drug-likeness (QED) is 0.598. The van der Waals surface area contributed by atoms with Crippen LogP contribution in [0.3, 0.4) is 0 Å². The van der Waals surface area contributed by atoms with E-state index in [9.17, 15) is 4.79 Å². The summed E-state index contributed by atoms with van der Waals surface area (Å²) in [5.41, 5.74) is 4.85. The van der Waals surface area contributed by atoms with Crippen LogP contribution >= 0.6 is 0 Å². The molecule has 0 heterocycles. The molecule has 114 valence electrons. The zero-order valence-corrected chi connectivity index (χ0v) is 14.7. The van der Waals surface area contributed by atoms with E-state index in [1.807, 2.05) is 6.92 Å². The van der Waals surface area contributed by atoms with Crippen molar-refractivity contribution in [3.05, 3.63) is 47.2 Å². The summed E-state index contributed by atoms with van der Waals surface area (Å²) in [5.74, 6) is 0.546. The molecule has 0 saturated heterocycles. The fraction of sp³-hybridized carbons (Fsp3) is 0.500. The van der Waals surface area contributed by atoms with Gasteiger partial charge in [-0.2, -0.15) is 0 Å². The Morgan fingerprint density at radius 3 is 2.38 bits per heavy atom. The SMILES string of the molecule is CCOC(=O)[C@@H]1[C@H](/C=C/[Si](C)(C)C)[C@H]1c1ccc(C)cc1. The Morgan fingerprint density at radius 1 is 1.24 bits per heavy atom. The Kier molecular flexibility index (Phi) is 4.72. The highest BCUT2D eigenvalue weighted by Crippen LogP contribution is 2.55. The number of allylic oxidation sites excluding steroid dienone is 1. The zero-order valence-electron chi connectivity index (χ0n) is 13.7. The molecule has 1 aromatic carbocycles. The topological polar surface area (TPSA) is 26.3 Å². The van der Waals surface area contributed by atoms with Gasteiger partial charge in [-0.15, -0.1) is 0 Å². The van der Waals surface area contributed by atoms with Gasteiger partial charge in [0, 0.05) is 5.92 Å². The third kappa shape index (κ3) is 4.07. The van der Waals surface area contributed by atoms with Gasteiger partial charge < -0.3 is 4.74 Å².